The van der Waals surface area contributed by atoms with Crippen LogP contribution in [0.3, 0.4) is 0 Å². The summed E-state index contributed by atoms with van der Waals surface area (Å²) < 4.78 is 5.70. The van der Waals surface area contributed by atoms with E-state index < -0.39 is 0 Å². The van der Waals surface area contributed by atoms with Crippen molar-refractivity contribution in [3.8, 4) is 17.0 Å². The molecule has 98 valence electrons. The van der Waals surface area contributed by atoms with Crippen LogP contribution in [0.15, 0.2) is 30.6 Å². The summed E-state index contributed by atoms with van der Waals surface area (Å²) in [5.74, 6) is 0.886. The molecule has 2 aromatic rings. The third-order valence-electron chi connectivity index (χ3n) is 3.32. The van der Waals surface area contributed by atoms with Gasteiger partial charge in [-0.15, -0.1) is 0 Å². The molecule has 1 N–H and O–H groups in total. The van der Waals surface area contributed by atoms with Crippen LogP contribution in [0.2, 0.25) is 0 Å². The number of hydrogen-bond acceptors (Lipinski definition) is 4. The standard InChI is InChI=1S/C15H17N3O/c1-2-19-14-6-4-3-5-11(14)15-12-9-16-8-7-13(12)17-10-18-15/h3-6,10,16H,2,7-9H2,1H3. The average Bonchev–Trinajstić information content (AvgIpc) is 2.48. The molecule has 0 radical (unpaired) electrons. The lowest BCUT2D eigenvalue weighted by Gasteiger charge is -2.19. The number of aromatic nitrogens is 2. The summed E-state index contributed by atoms with van der Waals surface area (Å²) in [5.41, 5.74) is 4.38. The highest BCUT2D eigenvalue weighted by atomic mass is 16.5. The molecule has 0 spiro atoms. The third kappa shape index (κ3) is 2.31. The molecule has 1 aliphatic heterocycles. The minimum absolute atomic E-state index is 0.655. The van der Waals surface area contributed by atoms with Crippen molar-refractivity contribution in [1.29, 1.82) is 0 Å². The monoisotopic (exact) mass is 255 g/mol. The Morgan fingerprint density at radius 3 is 3.05 bits per heavy atom. The maximum atomic E-state index is 5.70. The number of benzene rings is 1. The van der Waals surface area contributed by atoms with E-state index in [0.29, 0.717) is 6.61 Å². The molecule has 1 aromatic carbocycles. The molecule has 4 heteroatoms. The highest BCUT2D eigenvalue weighted by molar-refractivity contribution is 5.70. The second-order valence-electron chi connectivity index (χ2n) is 4.50. The zero-order chi connectivity index (χ0) is 13.1. The Morgan fingerprint density at radius 1 is 1.26 bits per heavy atom. The number of nitrogens with one attached hydrogen (secondary N) is 1. The molecule has 0 bridgehead atoms. The van der Waals surface area contributed by atoms with Crippen molar-refractivity contribution in [3.63, 3.8) is 0 Å². The summed E-state index contributed by atoms with van der Waals surface area (Å²) in [5, 5.41) is 3.38. The van der Waals surface area contributed by atoms with Crippen molar-refractivity contribution in [2.45, 2.75) is 19.9 Å². The lowest BCUT2D eigenvalue weighted by Crippen LogP contribution is -2.25. The predicted octanol–water partition coefficient (Wildman–Crippen LogP) is 2.19. The van der Waals surface area contributed by atoms with Gasteiger partial charge >= 0.3 is 0 Å². The molecule has 0 saturated carbocycles. The Balaban J connectivity index is 2.12. The van der Waals surface area contributed by atoms with Crippen LogP contribution in [0.4, 0.5) is 0 Å². The number of nitrogens with zero attached hydrogens (tertiary/aromatic N) is 2. The van der Waals surface area contributed by atoms with Crippen LogP contribution in [0.25, 0.3) is 11.3 Å². The Morgan fingerprint density at radius 2 is 2.16 bits per heavy atom. The van der Waals surface area contributed by atoms with Gasteiger partial charge in [-0.25, -0.2) is 9.97 Å². The van der Waals surface area contributed by atoms with Gasteiger partial charge in [0.2, 0.25) is 0 Å². The molecule has 2 heterocycles. The van der Waals surface area contributed by atoms with Crippen molar-refractivity contribution in [3.05, 3.63) is 41.9 Å². The highest BCUT2D eigenvalue weighted by Gasteiger charge is 2.18. The Hall–Kier alpha value is -1.94. The second kappa shape index (κ2) is 5.36. The molecule has 3 rings (SSSR count). The summed E-state index contributed by atoms with van der Waals surface area (Å²) in [6.45, 7) is 4.46. The zero-order valence-electron chi connectivity index (χ0n) is 11.0. The van der Waals surface area contributed by atoms with Gasteiger partial charge in [-0.1, -0.05) is 12.1 Å². The molecule has 0 amide bonds. The van der Waals surface area contributed by atoms with E-state index in [0.717, 1.165) is 42.2 Å². The topological polar surface area (TPSA) is 47.0 Å². The van der Waals surface area contributed by atoms with E-state index in [4.69, 9.17) is 4.74 Å². The molecule has 1 aliphatic rings. The van der Waals surface area contributed by atoms with E-state index in [2.05, 4.69) is 21.4 Å². The quantitative estimate of drug-likeness (QED) is 0.913. The highest BCUT2D eigenvalue weighted by Crippen LogP contribution is 2.32. The molecule has 19 heavy (non-hydrogen) atoms. The Labute approximate surface area is 112 Å². The van der Waals surface area contributed by atoms with Crippen molar-refractivity contribution >= 4 is 0 Å². The molecule has 0 atom stereocenters. The fourth-order valence-electron chi connectivity index (χ4n) is 2.45. The molecular weight excluding hydrogens is 238 g/mol. The van der Waals surface area contributed by atoms with Crippen molar-refractivity contribution < 1.29 is 4.74 Å². The largest absolute Gasteiger partial charge is 0.493 e. The van der Waals surface area contributed by atoms with Gasteiger partial charge < -0.3 is 10.1 Å². The molecule has 0 aliphatic carbocycles. The van der Waals surface area contributed by atoms with Crippen LogP contribution in [-0.4, -0.2) is 23.1 Å². The fraction of sp³-hybridized carbons (Fsp3) is 0.333. The summed E-state index contributed by atoms with van der Waals surface area (Å²) in [7, 11) is 0. The molecular formula is C15H17N3O. The summed E-state index contributed by atoms with van der Waals surface area (Å²) in [6.07, 6.45) is 2.61. The molecule has 4 nitrogen and oxygen atoms in total. The van der Waals surface area contributed by atoms with Crippen LogP contribution >= 0.6 is 0 Å². The van der Waals surface area contributed by atoms with Crippen molar-refractivity contribution in [2.24, 2.45) is 0 Å². The Bertz CT molecular complexity index is 583. The minimum Gasteiger partial charge on any atom is -0.493 e. The Kier molecular flexibility index (Phi) is 3.42. The molecule has 0 unspecified atom stereocenters. The first-order valence-corrected chi connectivity index (χ1v) is 6.66. The number of rotatable bonds is 3. The van der Waals surface area contributed by atoms with Gasteiger partial charge in [0.15, 0.2) is 0 Å². The van der Waals surface area contributed by atoms with Crippen LogP contribution in [-0.2, 0) is 13.0 Å². The van der Waals surface area contributed by atoms with Gasteiger partial charge in [-0.05, 0) is 19.1 Å². The van der Waals surface area contributed by atoms with Crippen LogP contribution < -0.4 is 10.1 Å². The number of ether oxygens (including phenoxy) is 1. The van der Waals surface area contributed by atoms with Gasteiger partial charge in [-0.2, -0.15) is 0 Å². The maximum absolute atomic E-state index is 5.70. The van der Waals surface area contributed by atoms with E-state index in [9.17, 15) is 0 Å². The van der Waals surface area contributed by atoms with Gasteiger partial charge in [0.25, 0.3) is 0 Å². The van der Waals surface area contributed by atoms with E-state index in [1.165, 1.54) is 5.56 Å². The number of hydrogen-bond donors (Lipinski definition) is 1. The SMILES string of the molecule is CCOc1ccccc1-c1ncnc2c1CNCC2. The first kappa shape index (κ1) is 12.1. The van der Waals surface area contributed by atoms with E-state index in [-0.39, 0.29) is 0 Å². The van der Waals surface area contributed by atoms with Gasteiger partial charge in [0.1, 0.15) is 12.1 Å². The van der Waals surface area contributed by atoms with Gasteiger partial charge in [0, 0.05) is 30.6 Å². The van der Waals surface area contributed by atoms with Crippen LogP contribution in [0, 0.1) is 0 Å². The van der Waals surface area contributed by atoms with Crippen LogP contribution in [0.5, 0.6) is 5.75 Å². The molecule has 0 fully saturated rings. The summed E-state index contributed by atoms with van der Waals surface area (Å²) in [6, 6.07) is 8.05. The average molecular weight is 255 g/mol. The second-order valence-corrected chi connectivity index (χ2v) is 4.50. The number of fused-ring (bicyclic) bond motifs is 1. The van der Waals surface area contributed by atoms with Crippen molar-refractivity contribution in [2.75, 3.05) is 13.2 Å². The normalized spacial score (nSPS) is 13.9. The molecule has 0 saturated heterocycles. The lowest BCUT2D eigenvalue weighted by molar-refractivity contribution is 0.341. The fourth-order valence-corrected chi connectivity index (χ4v) is 2.45. The summed E-state index contributed by atoms with van der Waals surface area (Å²) in [4.78, 5) is 8.86. The molecule has 1 aromatic heterocycles. The third-order valence-corrected chi connectivity index (χ3v) is 3.32. The maximum Gasteiger partial charge on any atom is 0.128 e. The summed E-state index contributed by atoms with van der Waals surface area (Å²) >= 11 is 0. The van der Waals surface area contributed by atoms with E-state index in [1.807, 2.05) is 25.1 Å². The van der Waals surface area contributed by atoms with Gasteiger partial charge in [-0.3, -0.25) is 0 Å². The van der Waals surface area contributed by atoms with Gasteiger partial charge in [0.05, 0.1) is 18.0 Å². The van der Waals surface area contributed by atoms with Crippen molar-refractivity contribution in [1.82, 2.24) is 15.3 Å². The van der Waals surface area contributed by atoms with E-state index >= 15 is 0 Å². The van der Waals surface area contributed by atoms with E-state index in [1.54, 1.807) is 6.33 Å². The zero-order valence-corrected chi connectivity index (χ0v) is 11.0. The lowest BCUT2D eigenvalue weighted by atomic mass is 10.00. The smallest absolute Gasteiger partial charge is 0.128 e. The first-order valence-electron chi connectivity index (χ1n) is 6.66. The number of para-hydroxylation sites is 1. The minimum atomic E-state index is 0.655. The predicted molar refractivity (Wildman–Crippen MR) is 74.0 cm³/mol. The van der Waals surface area contributed by atoms with Crippen LogP contribution in [0.1, 0.15) is 18.2 Å². The first-order chi connectivity index (χ1) is 9.40.